The van der Waals surface area contributed by atoms with Gasteiger partial charge in [0.15, 0.2) is 0 Å². The van der Waals surface area contributed by atoms with Crippen molar-refractivity contribution in [2.75, 3.05) is 6.61 Å². The Hall–Kier alpha value is -2.30. The third kappa shape index (κ3) is 5.01. The minimum absolute atomic E-state index is 0.107. The van der Waals surface area contributed by atoms with Crippen LogP contribution in [0.2, 0.25) is 0 Å². The Morgan fingerprint density at radius 1 is 1.06 bits per heavy atom. The fraction of sp³-hybridized carbons (Fsp3) is 0.484. The molecule has 1 fully saturated rings. The molecule has 184 valence electrons. The standard InChI is InChI=1S/C31H38N2OS/c1-22(2)28-21-31(18-20-34-28,25-15-13-23(3)14-16-25)17-19-33-27-12-8-7-11-26(27)30(35)32-29(33)24-9-5-4-6-10-24/h4-6,9-10,13-16,22,28H,7-8,11-12,17-21H2,1-3H3/t28-,31+/m1/s1. The Labute approximate surface area is 215 Å². The number of hydrogen-bond acceptors (Lipinski definition) is 3. The van der Waals surface area contributed by atoms with Crippen LogP contribution >= 0.6 is 12.2 Å². The van der Waals surface area contributed by atoms with Crippen LogP contribution in [0.15, 0.2) is 54.6 Å². The zero-order chi connectivity index (χ0) is 24.4. The summed E-state index contributed by atoms with van der Waals surface area (Å²) < 4.78 is 9.58. The second kappa shape index (κ2) is 10.4. The molecule has 2 aliphatic rings. The second-order valence-electron chi connectivity index (χ2n) is 10.9. The molecule has 2 atom stereocenters. The van der Waals surface area contributed by atoms with Gasteiger partial charge in [0, 0.05) is 35.4 Å². The molecule has 1 saturated heterocycles. The van der Waals surface area contributed by atoms with E-state index in [9.17, 15) is 0 Å². The van der Waals surface area contributed by atoms with E-state index in [4.69, 9.17) is 21.9 Å². The lowest BCUT2D eigenvalue weighted by Crippen LogP contribution is -2.41. The number of rotatable bonds is 6. The molecule has 2 heterocycles. The van der Waals surface area contributed by atoms with Crippen LogP contribution in [-0.4, -0.2) is 22.3 Å². The number of nitrogens with zero attached hydrogens (tertiary/aromatic N) is 2. The predicted molar refractivity (Wildman–Crippen MR) is 146 cm³/mol. The molecular weight excluding hydrogens is 448 g/mol. The molecule has 0 saturated carbocycles. The Balaban J connectivity index is 1.57. The summed E-state index contributed by atoms with van der Waals surface area (Å²) in [4.78, 5) is 5.02. The van der Waals surface area contributed by atoms with Crippen LogP contribution in [0.25, 0.3) is 11.4 Å². The number of aromatic nitrogens is 2. The average Bonchev–Trinajstić information content (AvgIpc) is 2.89. The maximum absolute atomic E-state index is 6.26. The first-order valence-electron chi connectivity index (χ1n) is 13.3. The highest BCUT2D eigenvalue weighted by molar-refractivity contribution is 7.71. The van der Waals surface area contributed by atoms with Crippen molar-refractivity contribution < 1.29 is 4.74 Å². The highest BCUT2D eigenvalue weighted by Crippen LogP contribution is 2.43. The number of aryl methyl sites for hydroxylation is 1. The molecule has 0 amide bonds. The minimum Gasteiger partial charge on any atom is -0.378 e. The van der Waals surface area contributed by atoms with Crippen molar-refractivity contribution in [3.05, 3.63) is 81.6 Å². The molecule has 3 aromatic rings. The molecule has 4 heteroatoms. The first-order valence-corrected chi connectivity index (χ1v) is 13.7. The molecule has 0 unspecified atom stereocenters. The van der Waals surface area contributed by atoms with Gasteiger partial charge in [-0.25, -0.2) is 4.98 Å². The molecule has 5 rings (SSSR count). The zero-order valence-electron chi connectivity index (χ0n) is 21.4. The van der Waals surface area contributed by atoms with Gasteiger partial charge in [-0.15, -0.1) is 0 Å². The summed E-state index contributed by atoms with van der Waals surface area (Å²) in [7, 11) is 0. The van der Waals surface area contributed by atoms with Crippen LogP contribution in [0.3, 0.4) is 0 Å². The van der Waals surface area contributed by atoms with Gasteiger partial charge in [-0.3, -0.25) is 0 Å². The molecule has 1 aliphatic heterocycles. The Morgan fingerprint density at radius 3 is 2.54 bits per heavy atom. The third-order valence-electron chi connectivity index (χ3n) is 8.24. The highest BCUT2D eigenvalue weighted by Gasteiger charge is 2.39. The van der Waals surface area contributed by atoms with E-state index >= 15 is 0 Å². The van der Waals surface area contributed by atoms with Crippen LogP contribution in [-0.2, 0) is 29.5 Å². The van der Waals surface area contributed by atoms with Crippen molar-refractivity contribution >= 4 is 12.2 Å². The van der Waals surface area contributed by atoms with Gasteiger partial charge >= 0.3 is 0 Å². The maximum Gasteiger partial charge on any atom is 0.141 e. The summed E-state index contributed by atoms with van der Waals surface area (Å²) in [5.74, 6) is 1.55. The van der Waals surface area contributed by atoms with E-state index in [2.05, 4.69) is 79.9 Å². The van der Waals surface area contributed by atoms with Gasteiger partial charge in [0.25, 0.3) is 0 Å². The Bertz CT molecular complexity index is 1220. The van der Waals surface area contributed by atoms with Crippen molar-refractivity contribution in [1.29, 1.82) is 0 Å². The van der Waals surface area contributed by atoms with Gasteiger partial charge in [-0.2, -0.15) is 0 Å². The SMILES string of the molecule is Cc1ccc([C@@]2(CCn3c(-c4ccccc4)nc(=S)c4c3CCCC4)CCO[C@@H](C(C)C)C2)cc1. The number of fused-ring (bicyclic) bond motifs is 1. The lowest BCUT2D eigenvalue weighted by Gasteiger charge is -2.43. The van der Waals surface area contributed by atoms with Gasteiger partial charge in [0.05, 0.1) is 6.10 Å². The molecule has 2 aromatic carbocycles. The van der Waals surface area contributed by atoms with Crippen molar-refractivity contribution in [2.45, 2.75) is 83.8 Å². The van der Waals surface area contributed by atoms with E-state index < -0.39 is 0 Å². The topological polar surface area (TPSA) is 27.1 Å². The van der Waals surface area contributed by atoms with Gasteiger partial charge in [-0.1, -0.05) is 86.2 Å². The van der Waals surface area contributed by atoms with E-state index in [1.807, 2.05) is 0 Å². The van der Waals surface area contributed by atoms with Crippen LogP contribution < -0.4 is 0 Å². The Kier molecular flexibility index (Phi) is 7.22. The normalized spacial score (nSPS) is 22.2. The monoisotopic (exact) mass is 486 g/mol. The summed E-state index contributed by atoms with van der Waals surface area (Å²) in [5.41, 5.74) is 6.76. The van der Waals surface area contributed by atoms with Crippen LogP contribution in [0.1, 0.15) is 68.3 Å². The zero-order valence-corrected chi connectivity index (χ0v) is 22.2. The van der Waals surface area contributed by atoms with Gasteiger partial charge < -0.3 is 9.30 Å². The number of benzene rings is 2. The van der Waals surface area contributed by atoms with Crippen molar-refractivity contribution in [3.63, 3.8) is 0 Å². The van der Waals surface area contributed by atoms with E-state index in [0.717, 1.165) is 61.3 Å². The van der Waals surface area contributed by atoms with Crippen molar-refractivity contribution in [3.8, 4) is 11.4 Å². The minimum atomic E-state index is 0.107. The van der Waals surface area contributed by atoms with Crippen molar-refractivity contribution in [2.24, 2.45) is 5.92 Å². The smallest absolute Gasteiger partial charge is 0.141 e. The van der Waals surface area contributed by atoms with Gasteiger partial charge in [-0.05, 0) is 63.4 Å². The molecule has 1 aromatic heterocycles. The molecule has 3 nitrogen and oxygen atoms in total. The number of hydrogen-bond donors (Lipinski definition) is 0. The van der Waals surface area contributed by atoms with E-state index in [-0.39, 0.29) is 5.41 Å². The fourth-order valence-corrected chi connectivity index (χ4v) is 6.37. The van der Waals surface area contributed by atoms with E-state index in [1.54, 1.807) is 0 Å². The van der Waals surface area contributed by atoms with E-state index in [1.165, 1.54) is 35.2 Å². The summed E-state index contributed by atoms with van der Waals surface area (Å²) in [6, 6.07) is 19.9. The van der Waals surface area contributed by atoms with Gasteiger partial charge in [0.1, 0.15) is 10.5 Å². The average molecular weight is 487 g/mol. The maximum atomic E-state index is 6.26. The molecular formula is C31H38N2OS. The molecule has 0 spiro atoms. The molecule has 0 radical (unpaired) electrons. The fourth-order valence-electron chi connectivity index (χ4n) is 6.06. The molecule has 0 N–H and O–H groups in total. The molecule has 35 heavy (non-hydrogen) atoms. The van der Waals surface area contributed by atoms with Crippen molar-refractivity contribution in [1.82, 2.24) is 9.55 Å². The Morgan fingerprint density at radius 2 is 1.80 bits per heavy atom. The largest absolute Gasteiger partial charge is 0.378 e. The summed E-state index contributed by atoms with van der Waals surface area (Å²) in [5, 5.41) is 0. The van der Waals surface area contributed by atoms with Crippen LogP contribution in [0.5, 0.6) is 0 Å². The van der Waals surface area contributed by atoms with Crippen LogP contribution in [0, 0.1) is 17.5 Å². The highest BCUT2D eigenvalue weighted by atomic mass is 32.1. The second-order valence-corrected chi connectivity index (χ2v) is 11.3. The predicted octanol–water partition coefficient (Wildman–Crippen LogP) is 7.63. The summed E-state index contributed by atoms with van der Waals surface area (Å²) in [6.45, 7) is 8.54. The summed E-state index contributed by atoms with van der Waals surface area (Å²) in [6.07, 6.45) is 8.11. The van der Waals surface area contributed by atoms with E-state index in [0.29, 0.717) is 12.0 Å². The first-order chi connectivity index (χ1) is 17.0. The molecule has 0 bridgehead atoms. The third-order valence-corrected chi connectivity index (χ3v) is 8.58. The molecule has 1 aliphatic carbocycles. The number of ether oxygens (including phenoxy) is 1. The summed E-state index contributed by atoms with van der Waals surface area (Å²) >= 11 is 5.81. The van der Waals surface area contributed by atoms with Crippen LogP contribution in [0.4, 0.5) is 0 Å². The quantitative estimate of drug-likeness (QED) is 0.335. The first kappa shape index (κ1) is 24.4. The van der Waals surface area contributed by atoms with Gasteiger partial charge in [0.2, 0.25) is 0 Å². The lowest BCUT2D eigenvalue weighted by atomic mass is 9.68. The lowest BCUT2D eigenvalue weighted by molar-refractivity contribution is -0.0479.